The van der Waals surface area contributed by atoms with Crippen LogP contribution < -0.4 is 0 Å². The summed E-state index contributed by atoms with van der Waals surface area (Å²) in [5.41, 5.74) is 2.54. The van der Waals surface area contributed by atoms with E-state index in [1.807, 2.05) is 7.11 Å². The van der Waals surface area contributed by atoms with Gasteiger partial charge in [0, 0.05) is 20.0 Å². The fraction of sp³-hybridized carbons (Fsp3) is 0.667. The lowest BCUT2D eigenvalue weighted by molar-refractivity contribution is -0.209. The quantitative estimate of drug-likeness (QED) is 0.843. The first kappa shape index (κ1) is 15.0. The highest BCUT2D eigenvalue weighted by atomic mass is 16.7. The van der Waals surface area contributed by atoms with Gasteiger partial charge in [-0.3, -0.25) is 0 Å². The topological polar surface area (TPSA) is 27.7 Å². The Bertz CT molecular complexity index is 479. The molecule has 3 rings (SSSR count). The molecule has 3 heteroatoms. The van der Waals surface area contributed by atoms with Crippen LogP contribution in [-0.4, -0.2) is 26.1 Å². The largest absolute Gasteiger partial charge is 0.374 e. The first-order valence-electron chi connectivity index (χ1n) is 8.03. The molecule has 0 N–H and O–H groups in total. The molecule has 0 radical (unpaired) electrons. The second-order valence-electron chi connectivity index (χ2n) is 6.55. The summed E-state index contributed by atoms with van der Waals surface area (Å²) in [4.78, 5) is 0. The van der Waals surface area contributed by atoms with Gasteiger partial charge in [0.05, 0.1) is 18.8 Å². The monoisotopic (exact) mass is 290 g/mol. The van der Waals surface area contributed by atoms with Gasteiger partial charge in [0.1, 0.15) is 0 Å². The van der Waals surface area contributed by atoms with Crippen molar-refractivity contribution in [2.24, 2.45) is 0 Å². The summed E-state index contributed by atoms with van der Waals surface area (Å²) in [7, 11) is 1.84. The van der Waals surface area contributed by atoms with Gasteiger partial charge in [-0.15, -0.1) is 0 Å². The molecular weight excluding hydrogens is 264 g/mol. The second-order valence-corrected chi connectivity index (χ2v) is 6.55. The second kappa shape index (κ2) is 5.71. The molecule has 0 bridgehead atoms. The zero-order valence-electron chi connectivity index (χ0n) is 13.4. The Morgan fingerprint density at radius 2 is 1.62 bits per heavy atom. The highest BCUT2D eigenvalue weighted by molar-refractivity contribution is 5.35. The maximum Gasteiger partial charge on any atom is 0.168 e. The van der Waals surface area contributed by atoms with Crippen LogP contribution in [0.4, 0.5) is 0 Å². The van der Waals surface area contributed by atoms with E-state index in [0.29, 0.717) is 5.92 Å². The van der Waals surface area contributed by atoms with Crippen molar-refractivity contribution in [1.82, 2.24) is 0 Å². The van der Waals surface area contributed by atoms with E-state index >= 15 is 0 Å². The molecule has 1 heterocycles. The third-order valence-corrected chi connectivity index (χ3v) is 5.10. The Balaban J connectivity index is 1.89. The molecule has 1 saturated heterocycles. The molecule has 1 aliphatic carbocycles. The highest BCUT2D eigenvalue weighted by Gasteiger charge is 2.47. The molecule has 0 aromatic heterocycles. The van der Waals surface area contributed by atoms with E-state index in [4.69, 9.17) is 14.2 Å². The van der Waals surface area contributed by atoms with Crippen molar-refractivity contribution in [3.05, 3.63) is 35.4 Å². The number of benzene rings is 1. The molecule has 1 aromatic rings. The third-order valence-electron chi connectivity index (χ3n) is 5.10. The minimum Gasteiger partial charge on any atom is -0.374 e. The summed E-state index contributed by atoms with van der Waals surface area (Å²) in [6.45, 7) is 5.94. The van der Waals surface area contributed by atoms with Gasteiger partial charge in [0.25, 0.3) is 0 Å². The first-order valence-corrected chi connectivity index (χ1v) is 8.03. The summed E-state index contributed by atoms with van der Waals surface area (Å²) in [5, 5.41) is 0. The third kappa shape index (κ3) is 2.63. The zero-order chi connectivity index (χ0) is 14.9. The molecule has 1 saturated carbocycles. The summed E-state index contributed by atoms with van der Waals surface area (Å²) >= 11 is 0. The summed E-state index contributed by atoms with van der Waals surface area (Å²) < 4.78 is 17.8. The molecule has 1 spiro atoms. The van der Waals surface area contributed by atoms with Crippen LogP contribution in [0.2, 0.25) is 0 Å². The van der Waals surface area contributed by atoms with Crippen molar-refractivity contribution < 1.29 is 14.2 Å². The number of rotatable bonds is 3. The molecule has 0 amide bonds. The Kier molecular flexibility index (Phi) is 4.08. The average Bonchev–Trinajstić information content (AvgIpc) is 2.97. The fourth-order valence-corrected chi connectivity index (χ4v) is 3.82. The van der Waals surface area contributed by atoms with Crippen LogP contribution in [-0.2, 0) is 19.8 Å². The predicted molar refractivity (Wildman–Crippen MR) is 82.3 cm³/mol. The molecule has 21 heavy (non-hydrogen) atoms. The standard InChI is InChI=1S/C18H26O3/c1-14(2)15-6-4-5-7-16(15)17(19-3)8-10-18(11-9-17)20-12-13-21-18/h4-7,14H,8-13H2,1-3H3. The Morgan fingerprint density at radius 1 is 1.00 bits per heavy atom. The lowest BCUT2D eigenvalue weighted by Crippen LogP contribution is -2.43. The normalized spacial score (nSPS) is 23.8. The van der Waals surface area contributed by atoms with Gasteiger partial charge in [0.2, 0.25) is 0 Å². The SMILES string of the molecule is COC1(c2ccccc2C(C)C)CCC2(CC1)OCCO2. The average molecular weight is 290 g/mol. The lowest BCUT2D eigenvalue weighted by atomic mass is 9.74. The van der Waals surface area contributed by atoms with Gasteiger partial charge in [-0.05, 0) is 29.9 Å². The minimum absolute atomic E-state index is 0.193. The van der Waals surface area contributed by atoms with Crippen molar-refractivity contribution in [3.8, 4) is 0 Å². The molecule has 116 valence electrons. The zero-order valence-corrected chi connectivity index (χ0v) is 13.4. The maximum atomic E-state index is 6.05. The van der Waals surface area contributed by atoms with Crippen LogP contribution >= 0.6 is 0 Å². The Morgan fingerprint density at radius 3 is 2.19 bits per heavy atom. The Labute approximate surface area is 127 Å². The summed E-state index contributed by atoms with van der Waals surface area (Å²) in [6, 6.07) is 8.70. The van der Waals surface area contributed by atoms with E-state index in [0.717, 1.165) is 38.9 Å². The van der Waals surface area contributed by atoms with Gasteiger partial charge in [-0.25, -0.2) is 0 Å². The van der Waals surface area contributed by atoms with Gasteiger partial charge in [0.15, 0.2) is 5.79 Å². The first-order chi connectivity index (χ1) is 10.1. The summed E-state index contributed by atoms with van der Waals surface area (Å²) in [5.74, 6) is 0.164. The number of hydrogen-bond acceptors (Lipinski definition) is 3. The molecule has 2 fully saturated rings. The van der Waals surface area contributed by atoms with Crippen LogP contribution in [0.5, 0.6) is 0 Å². The van der Waals surface area contributed by atoms with Crippen LogP contribution in [0.25, 0.3) is 0 Å². The van der Waals surface area contributed by atoms with E-state index in [-0.39, 0.29) is 11.4 Å². The van der Waals surface area contributed by atoms with Gasteiger partial charge in [-0.1, -0.05) is 38.1 Å². The fourth-order valence-electron chi connectivity index (χ4n) is 3.82. The van der Waals surface area contributed by atoms with E-state index in [2.05, 4.69) is 38.1 Å². The van der Waals surface area contributed by atoms with E-state index in [1.54, 1.807) is 0 Å². The van der Waals surface area contributed by atoms with Gasteiger partial charge >= 0.3 is 0 Å². The molecule has 0 unspecified atom stereocenters. The smallest absolute Gasteiger partial charge is 0.168 e. The van der Waals surface area contributed by atoms with Crippen LogP contribution in [0.1, 0.15) is 56.6 Å². The Hall–Kier alpha value is -0.900. The number of hydrogen-bond donors (Lipinski definition) is 0. The van der Waals surface area contributed by atoms with E-state index in [1.165, 1.54) is 11.1 Å². The summed E-state index contributed by atoms with van der Waals surface area (Å²) in [6.07, 6.45) is 3.72. The maximum absolute atomic E-state index is 6.05. The van der Waals surface area contributed by atoms with Gasteiger partial charge in [-0.2, -0.15) is 0 Å². The van der Waals surface area contributed by atoms with Crippen molar-refractivity contribution in [3.63, 3.8) is 0 Å². The molecular formula is C18H26O3. The van der Waals surface area contributed by atoms with Crippen molar-refractivity contribution in [1.29, 1.82) is 0 Å². The molecule has 1 aliphatic heterocycles. The van der Waals surface area contributed by atoms with Crippen molar-refractivity contribution in [2.75, 3.05) is 20.3 Å². The number of ether oxygens (including phenoxy) is 3. The van der Waals surface area contributed by atoms with Crippen LogP contribution in [0.3, 0.4) is 0 Å². The molecule has 1 aromatic carbocycles. The minimum atomic E-state index is -0.338. The molecule has 3 nitrogen and oxygen atoms in total. The van der Waals surface area contributed by atoms with E-state index < -0.39 is 0 Å². The predicted octanol–water partition coefficient (Wildman–Crippen LogP) is 3.97. The van der Waals surface area contributed by atoms with Crippen molar-refractivity contribution >= 4 is 0 Å². The molecule has 0 atom stereocenters. The van der Waals surface area contributed by atoms with Crippen molar-refractivity contribution in [2.45, 2.75) is 56.8 Å². The van der Waals surface area contributed by atoms with Gasteiger partial charge < -0.3 is 14.2 Å². The van der Waals surface area contributed by atoms with E-state index in [9.17, 15) is 0 Å². The van der Waals surface area contributed by atoms with Crippen LogP contribution in [0, 0.1) is 0 Å². The highest BCUT2D eigenvalue weighted by Crippen LogP contribution is 2.48. The molecule has 2 aliphatic rings. The number of methoxy groups -OCH3 is 1. The van der Waals surface area contributed by atoms with Crippen LogP contribution in [0.15, 0.2) is 24.3 Å². The lowest BCUT2D eigenvalue weighted by Gasteiger charge is -2.44.